The summed E-state index contributed by atoms with van der Waals surface area (Å²) in [6.45, 7) is 0. The van der Waals surface area contributed by atoms with Crippen LogP contribution in [-0.2, 0) is 16.0 Å². The maximum absolute atomic E-state index is 12.8. The van der Waals surface area contributed by atoms with Crippen molar-refractivity contribution in [3.05, 3.63) is 35.4 Å². The lowest BCUT2D eigenvalue weighted by Gasteiger charge is -2.05. The number of rotatable bonds is 4. The molecule has 3 N–H and O–H groups in total. The van der Waals surface area contributed by atoms with E-state index in [0.717, 1.165) is 12.1 Å². The minimum Gasteiger partial charge on any atom is -0.480 e. The third kappa shape index (κ3) is 2.83. The zero-order chi connectivity index (χ0) is 12.3. The van der Waals surface area contributed by atoms with E-state index in [1.54, 1.807) is 0 Å². The Balaban J connectivity index is 2.77. The lowest BCUT2D eigenvalue weighted by atomic mass is 10.0. The normalized spacial score (nSPS) is 12.2. The number of Topliss-reactive ketones (excluding diaryl/α,β-unsaturated/α-hetero) is 1. The fraction of sp³-hybridized carbons (Fsp3) is 0.200. The predicted molar refractivity (Wildman–Crippen MR) is 50.7 cm³/mol. The number of ketones is 1. The second-order valence-corrected chi connectivity index (χ2v) is 3.21. The number of hydrogen-bond acceptors (Lipinski definition) is 3. The summed E-state index contributed by atoms with van der Waals surface area (Å²) in [6.07, 6.45) is -0.343. The van der Waals surface area contributed by atoms with Gasteiger partial charge in [0.1, 0.15) is 0 Å². The first-order chi connectivity index (χ1) is 7.41. The van der Waals surface area contributed by atoms with Crippen molar-refractivity contribution in [1.82, 2.24) is 0 Å². The van der Waals surface area contributed by atoms with E-state index < -0.39 is 29.4 Å². The van der Waals surface area contributed by atoms with E-state index in [9.17, 15) is 18.4 Å². The van der Waals surface area contributed by atoms with E-state index in [1.165, 1.54) is 6.07 Å². The highest BCUT2D eigenvalue weighted by Gasteiger charge is 2.21. The van der Waals surface area contributed by atoms with Crippen LogP contribution in [0.25, 0.3) is 0 Å². The van der Waals surface area contributed by atoms with Crippen molar-refractivity contribution in [3.63, 3.8) is 0 Å². The molecule has 0 aromatic heterocycles. The highest BCUT2D eigenvalue weighted by Crippen LogP contribution is 2.09. The molecule has 0 spiro atoms. The highest BCUT2D eigenvalue weighted by molar-refractivity contribution is 6.02. The summed E-state index contributed by atoms with van der Waals surface area (Å²) in [7, 11) is 0. The average Bonchev–Trinajstić information content (AvgIpc) is 2.22. The first-order valence-electron chi connectivity index (χ1n) is 4.37. The second kappa shape index (κ2) is 4.80. The molecule has 4 nitrogen and oxygen atoms in total. The van der Waals surface area contributed by atoms with E-state index in [1.807, 2.05) is 0 Å². The maximum atomic E-state index is 12.8. The molecule has 6 heteroatoms. The SMILES string of the molecule is NC(C(=O)O)C(=O)Cc1ccc(F)c(F)c1. The Labute approximate surface area is 89.7 Å². The molecule has 1 aromatic rings. The molecule has 1 atom stereocenters. The Morgan fingerprint density at radius 1 is 1.31 bits per heavy atom. The zero-order valence-electron chi connectivity index (χ0n) is 8.11. The van der Waals surface area contributed by atoms with Crippen LogP contribution in [0.2, 0.25) is 0 Å². The summed E-state index contributed by atoms with van der Waals surface area (Å²) in [5.41, 5.74) is 5.24. The summed E-state index contributed by atoms with van der Waals surface area (Å²) in [5.74, 6) is -4.33. The van der Waals surface area contributed by atoms with Crippen LogP contribution in [0.1, 0.15) is 5.56 Å². The van der Waals surface area contributed by atoms with Crippen LogP contribution in [0.3, 0.4) is 0 Å². The average molecular weight is 229 g/mol. The number of halogens is 2. The van der Waals surface area contributed by atoms with E-state index in [0.29, 0.717) is 0 Å². The third-order valence-corrected chi connectivity index (χ3v) is 1.98. The Kier molecular flexibility index (Phi) is 3.68. The van der Waals surface area contributed by atoms with Crippen LogP contribution < -0.4 is 5.73 Å². The van der Waals surface area contributed by atoms with Gasteiger partial charge in [-0.25, -0.2) is 8.78 Å². The van der Waals surface area contributed by atoms with Gasteiger partial charge in [0.25, 0.3) is 0 Å². The van der Waals surface area contributed by atoms with E-state index >= 15 is 0 Å². The molecular weight excluding hydrogens is 220 g/mol. The predicted octanol–water partition coefficient (Wildman–Crippen LogP) is 0.488. The van der Waals surface area contributed by atoms with Gasteiger partial charge in [-0.05, 0) is 17.7 Å². The minimum atomic E-state index is -1.65. The van der Waals surface area contributed by atoms with Gasteiger partial charge in [-0.3, -0.25) is 9.59 Å². The number of carbonyl (C=O) groups excluding carboxylic acids is 1. The lowest BCUT2D eigenvalue weighted by Crippen LogP contribution is -2.39. The van der Waals surface area contributed by atoms with Crippen molar-refractivity contribution in [1.29, 1.82) is 0 Å². The Morgan fingerprint density at radius 3 is 2.44 bits per heavy atom. The molecular formula is C10H9F2NO3. The van der Waals surface area contributed by atoms with Crippen molar-refractivity contribution < 1.29 is 23.5 Å². The Bertz CT molecular complexity index is 434. The molecule has 0 saturated carbocycles. The molecule has 0 heterocycles. The molecule has 0 aliphatic heterocycles. The molecule has 16 heavy (non-hydrogen) atoms. The van der Waals surface area contributed by atoms with E-state index in [4.69, 9.17) is 10.8 Å². The van der Waals surface area contributed by atoms with Crippen molar-refractivity contribution in [3.8, 4) is 0 Å². The summed E-state index contributed by atoms with van der Waals surface area (Å²) in [5, 5.41) is 8.45. The topological polar surface area (TPSA) is 80.4 Å². The van der Waals surface area contributed by atoms with Gasteiger partial charge >= 0.3 is 5.97 Å². The Morgan fingerprint density at radius 2 is 1.94 bits per heavy atom. The van der Waals surface area contributed by atoms with Crippen LogP contribution in [-0.4, -0.2) is 22.9 Å². The molecule has 1 rings (SSSR count). The Hall–Kier alpha value is -1.82. The van der Waals surface area contributed by atoms with Crippen LogP contribution in [0, 0.1) is 11.6 Å². The van der Waals surface area contributed by atoms with Gasteiger partial charge in [0, 0.05) is 6.42 Å². The minimum absolute atomic E-state index is 0.181. The lowest BCUT2D eigenvalue weighted by molar-refractivity contribution is -0.142. The number of carboxylic acid groups (broad SMARTS) is 1. The fourth-order valence-corrected chi connectivity index (χ4v) is 1.10. The van der Waals surface area contributed by atoms with E-state index in [2.05, 4.69) is 0 Å². The monoisotopic (exact) mass is 229 g/mol. The van der Waals surface area contributed by atoms with Crippen LogP contribution >= 0.6 is 0 Å². The van der Waals surface area contributed by atoms with Crippen LogP contribution in [0.5, 0.6) is 0 Å². The highest BCUT2D eigenvalue weighted by atomic mass is 19.2. The van der Waals surface area contributed by atoms with Gasteiger partial charge in [-0.1, -0.05) is 6.07 Å². The smallest absolute Gasteiger partial charge is 0.328 e. The molecule has 0 radical (unpaired) electrons. The molecule has 0 saturated heterocycles. The molecule has 86 valence electrons. The fourth-order valence-electron chi connectivity index (χ4n) is 1.10. The molecule has 1 unspecified atom stereocenters. The molecule has 0 amide bonds. The van der Waals surface area contributed by atoms with Gasteiger partial charge in [0.2, 0.25) is 0 Å². The quantitative estimate of drug-likeness (QED) is 0.736. The van der Waals surface area contributed by atoms with Gasteiger partial charge in [-0.2, -0.15) is 0 Å². The summed E-state index contributed by atoms with van der Waals surface area (Å²) in [4.78, 5) is 21.6. The molecule has 0 aliphatic carbocycles. The third-order valence-electron chi connectivity index (χ3n) is 1.98. The number of carboxylic acids is 1. The van der Waals surface area contributed by atoms with E-state index in [-0.39, 0.29) is 12.0 Å². The number of nitrogens with two attached hydrogens (primary N) is 1. The van der Waals surface area contributed by atoms with Gasteiger partial charge in [0.15, 0.2) is 23.5 Å². The second-order valence-electron chi connectivity index (χ2n) is 3.21. The van der Waals surface area contributed by atoms with Crippen LogP contribution in [0.15, 0.2) is 18.2 Å². The van der Waals surface area contributed by atoms with Gasteiger partial charge < -0.3 is 10.8 Å². The van der Waals surface area contributed by atoms with Crippen molar-refractivity contribution in [2.45, 2.75) is 12.5 Å². The number of benzene rings is 1. The summed E-state index contributed by atoms with van der Waals surface area (Å²) in [6, 6.07) is 1.25. The molecule has 1 aromatic carbocycles. The number of carbonyl (C=O) groups is 2. The standard InChI is InChI=1S/C10H9F2NO3/c11-6-2-1-5(3-7(6)12)4-8(14)9(13)10(15)16/h1-3,9H,4,13H2,(H,15,16). The molecule has 0 bridgehead atoms. The van der Waals surface area contributed by atoms with Crippen molar-refractivity contribution in [2.75, 3.05) is 0 Å². The largest absolute Gasteiger partial charge is 0.480 e. The first-order valence-corrected chi connectivity index (χ1v) is 4.37. The van der Waals surface area contributed by atoms with Crippen molar-refractivity contribution in [2.24, 2.45) is 5.73 Å². The van der Waals surface area contributed by atoms with Crippen LogP contribution in [0.4, 0.5) is 8.78 Å². The first kappa shape index (κ1) is 12.3. The maximum Gasteiger partial charge on any atom is 0.328 e. The zero-order valence-corrected chi connectivity index (χ0v) is 8.11. The summed E-state index contributed by atoms with van der Waals surface area (Å²) < 4.78 is 25.3. The van der Waals surface area contributed by atoms with Gasteiger partial charge in [-0.15, -0.1) is 0 Å². The molecule has 0 aliphatic rings. The number of aliphatic carboxylic acids is 1. The number of hydrogen-bond donors (Lipinski definition) is 2. The summed E-state index contributed by atoms with van der Waals surface area (Å²) >= 11 is 0. The van der Waals surface area contributed by atoms with Gasteiger partial charge in [0.05, 0.1) is 0 Å². The van der Waals surface area contributed by atoms with Crippen molar-refractivity contribution >= 4 is 11.8 Å². The molecule has 0 fully saturated rings.